The predicted octanol–water partition coefficient (Wildman–Crippen LogP) is 5.71. The van der Waals surface area contributed by atoms with E-state index in [0.29, 0.717) is 23.1 Å². The van der Waals surface area contributed by atoms with E-state index in [0.717, 1.165) is 48.1 Å². The van der Waals surface area contributed by atoms with Gasteiger partial charge >= 0.3 is 6.09 Å². The van der Waals surface area contributed by atoms with E-state index in [2.05, 4.69) is 23.9 Å². The third-order valence-corrected chi connectivity index (χ3v) is 6.06. The van der Waals surface area contributed by atoms with Gasteiger partial charge in [-0.25, -0.2) is 4.79 Å². The Hall–Kier alpha value is -3.79. The minimum atomic E-state index is -0.386. The van der Waals surface area contributed by atoms with Crippen molar-refractivity contribution in [1.82, 2.24) is 9.78 Å². The summed E-state index contributed by atoms with van der Waals surface area (Å²) in [4.78, 5) is 14.2. The van der Waals surface area contributed by atoms with Crippen LogP contribution in [0.3, 0.4) is 0 Å². The zero-order valence-electron chi connectivity index (χ0n) is 19.2. The Balaban J connectivity index is 1.81. The number of hydrogen-bond donors (Lipinski definition) is 0. The Morgan fingerprint density at radius 1 is 1.30 bits per heavy atom. The third kappa shape index (κ3) is 4.56. The molecule has 1 atom stereocenters. The highest BCUT2D eigenvalue weighted by molar-refractivity contribution is 5.92. The van der Waals surface area contributed by atoms with E-state index in [-0.39, 0.29) is 12.1 Å². The quantitative estimate of drug-likeness (QED) is 0.324. The highest BCUT2D eigenvalue weighted by Gasteiger charge is 2.32. The molecular weight excluding hydrogens is 416 g/mol. The van der Waals surface area contributed by atoms with Crippen LogP contribution in [0.15, 0.2) is 60.7 Å². The van der Waals surface area contributed by atoms with Crippen molar-refractivity contribution in [2.75, 3.05) is 12.0 Å². The molecule has 0 unspecified atom stereocenters. The summed E-state index contributed by atoms with van der Waals surface area (Å²) >= 11 is 0. The van der Waals surface area contributed by atoms with Gasteiger partial charge in [0, 0.05) is 28.9 Å². The number of anilines is 1. The Labute approximate surface area is 194 Å². The van der Waals surface area contributed by atoms with Crippen LogP contribution in [0.25, 0.3) is 11.1 Å². The van der Waals surface area contributed by atoms with Crippen molar-refractivity contribution in [3.63, 3.8) is 0 Å². The van der Waals surface area contributed by atoms with E-state index < -0.39 is 0 Å². The van der Waals surface area contributed by atoms with E-state index >= 15 is 0 Å². The summed E-state index contributed by atoms with van der Waals surface area (Å²) in [5, 5.41) is 13.7. The molecule has 0 bridgehead atoms. The molecule has 170 valence electrons. The smallest absolute Gasteiger partial charge is 0.414 e. The molecule has 2 aromatic rings. The van der Waals surface area contributed by atoms with Crippen LogP contribution in [0.4, 0.5) is 10.5 Å². The number of benzene rings is 1. The van der Waals surface area contributed by atoms with Crippen LogP contribution in [0.1, 0.15) is 44.7 Å². The van der Waals surface area contributed by atoms with Crippen LogP contribution >= 0.6 is 0 Å². The number of nitriles is 1. The number of fused-ring (bicyclic) bond motifs is 1. The molecule has 1 saturated carbocycles. The summed E-state index contributed by atoms with van der Waals surface area (Å²) in [6.07, 6.45) is 12.3. The first kappa shape index (κ1) is 22.4. The Kier molecular flexibility index (Phi) is 6.36. The fourth-order valence-corrected chi connectivity index (χ4v) is 4.09. The third-order valence-electron chi connectivity index (χ3n) is 6.06. The van der Waals surface area contributed by atoms with Crippen LogP contribution in [-0.2, 0) is 11.2 Å². The number of allylic oxidation sites excluding steroid dienone is 5. The van der Waals surface area contributed by atoms with Gasteiger partial charge in [-0.1, -0.05) is 12.7 Å². The standard InChI is InChI=1S/C26H28N4O3/c1-5-19(14-27)8-7-18(3)33-25-22(20-15-28-29(16-20)21-9-10-21)12-13-24-23(25)11-6-17(2)30(24)26(31)32-4/h5,7-8,12-13,15-17,21H,1,6,9-11H2,2-4H3/b18-7+,19-8+/t17-/m0/s1. The van der Waals surface area contributed by atoms with Crippen LogP contribution in [0, 0.1) is 11.3 Å². The fourth-order valence-electron chi connectivity index (χ4n) is 4.09. The van der Waals surface area contributed by atoms with E-state index in [1.54, 1.807) is 17.1 Å². The lowest BCUT2D eigenvalue weighted by atomic mass is 9.92. The molecule has 1 aromatic carbocycles. The predicted molar refractivity (Wildman–Crippen MR) is 127 cm³/mol. The van der Waals surface area contributed by atoms with E-state index in [1.807, 2.05) is 36.9 Å². The van der Waals surface area contributed by atoms with Crippen LogP contribution in [-0.4, -0.2) is 29.0 Å². The summed E-state index contributed by atoms with van der Waals surface area (Å²) in [6.45, 7) is 7.51. The first-order chi connectivity index (χ1) is 16.0. The normalized spacial score (nSPS) is 18.4. The average Bonchev–Trinajstić information content (AvgIpc) is 3.56. The van der Waals surface area contributed by atoms with Crippen molar-refractivity contribution < 1.29 is 14.3 Å². The van der Waals surface area contributed by atoms with Crippen molar-refractivity contribution in [3.8, 4) is 22.9 Å². The van der Waals surface area contributed by atoms with Gasteiger partial charge in [-0.15, -0.1) is 0 Å². The highest BCUT2D eigenvalue weighted by Crippen LogP contribution is 2.44. The topological polar surface area (TPSA) is 80.4 Å². The Morgan fingerprint density at radius 2 is 2.09 bits per heavy atom. The summed E-state index contributed by atoms with van der Waals surface area (Å²) in [5.41, 5.74) is 4.08. The highest BCUT2D eigenvalue weighted by atomic mass is 16.5. The van der Waals surface area contributed by atoms with E-state index in [9.17, 15) is 4.79 Å². The van der Waals surface area contributed by atoms with Crippen LogP contribution in [0.2, 0.25) is 0 Å². The number of amides is 1. The van der Waals surface area contributed by atoms with Gasteiger partial charge in [-0.2, -0.15) is 10.4 Å². The molecule has 1 aromatic heterocycles. The maximum Gasteiger partial charge on any atom is 0.414 e. The second kappa shape index (κ2) is 9.37. The first-order valence-electron chi connectivity index (χ1n) is 11.1. The van der Waals surface area contributed by atoms with Gasteiger partial charge in [0.1, 0.15) is 11.5 Å². The van der Waals surface area contributed by atoms with Crippen molar-refractivity contribution in [3.05, 3.63) is 66.2 Å². The van der Waals surface area contributed by atoms with Crippen molar-refractivity contribution >= 4 is 11.8 Å². The van der Waals surface area contributed by atoms with Crippen LogP contribution < -0.4 is 9.64 Å². The number of nitrogens with zero attached hydrogens (tertiary/aromatic N) is 4. The average molecular weight is 445 g/mol. The molecule has 7 heteroatoms. The minimum absolute atomic E-state index is 0.0200. The molecule has 1 aliphatic carbocycles. The summed E-state index contributed by atoms with van der Waals surface area (Å²) in [5.74, 6) is 1.32. The number of carbonyl (C=O) groups is 1. The summed E-state index contributed by atoms with van der Waals surface area (Å²) in [7, 11) is 1.40. The number of carbonyl (C=O) groups excluding carboxylic acids is 1. The Morgan fingerprint density at radius 3 is 2.76 bits per heavy atom. The molecule has 1 amide bonds. The molecular formula is C26H28N4O3. The number of methoxy groups -OCH3 is 1. The molecule has 0 radical (unpaired) electrons. The number of rotatable bonds is 6. The van der Waals surface area contributed by atoms with Crippen LogP contribution in [0.5, 0.6) is 5.75 Å². The maximum absolute atomic E-state index is 12.5. The van der Waals surface area contributed by atoms with Gasteiger partial charge in [0.05, 0.1) is 36.7 Å². The first-order valence-corrected chi connectivity index (χ1v) is 11.1. The summed E-state index contributed by atoms with van der Waals surface area (Å²) < 4.78 is 13.4. The molecule has 1 aliphatic heterocycles. The lowest BCUT2D eigenvalue weighted by Crippen LogP contribution is -2.42. The second-order valence-electron chi connectivity index (χ2n) is 8.43. The largest absolute Gasteiger partial charge is 0.461 e. The molecule has 7 nitrogen and oxygen atoms in total. The Bertz CT molecular complexity index is 1180. The zero-order valence-corrected chi connectivity index (χ0v) is 19.2. The van der Waals surface area contributed by atoms with Gasteiger partial charge in [-0.05, 0) is 63.8 Å². The minimum Gasteiger partial charge on any atom is -0.461 e. The second-order valence-corrected chi connectivity index (χ2v) is 8.43. The SMILES string of the molecule is C=C/C(C#N)=C\C=C(/C)Oc1c(-c2cnn(C3CC3)c2)ccc2c1CC[C@H](C)N2C(=O)OC. The van der Waals surface area contributed by atoms with Gasteiger partial charge in [0.2, 0.25) is 0 Å². The number of ether oxygens (including phenoxy) is 2. The molecule has 2 aliphatic rings. The molecule has 33 heavy (non-hydrogen) atoms. The zero-order chi connectivity index (χ0) is 23.5. The van der Waals surface area contributed by atoms with Gasteiger partial charge < -0.3 is 9.47 Å². The van der Waals surface area contributed by atoms with Crippen molar-refractivity contribution in [1.29, 1.82) is 5.26 Å². The lowest BCUT2D eigenvalue weighted by molar-refractivity contribution is 0.175. The maximum atomic E-state index is 12.5. The number of hydrogen-bond acceptors (Lipinski definition) is 5. The van der Waals surface area contributed by atoms with E-state index in [1.165, 1.54) is 13.2 Å². The molecule has 4 rings (SSSR count). The molecule has 0 saturated heterocycles. The lowest BCUT2D eigenvalue weighted by Gasteiger charge is -2.35. The monoisotopic (exact) mass is 444 g/mol. The van der Waals surface area contributed by atoms with E-state index in [4.69, 9.17) is 14.7 Å². The van der Waals surface area contributed by atoms with Crippen molar-refractivity contribution in [2.24, 2.45) is 0 Å². The summed E-state index contributed by atoms with van der Waals surface area (Å²) in [6, 6.07) is 6.52. The molecule has 1 fully saturated rings. The van der Waals surface area contributed by atoms with Gasteiger partial charge in [0.15, 0.2) is 0 Å². The number of aromatic nitrogens is 2. The molecule has 0 spiro atoms. The van der Waals surface area contributed by atoms with Gasteiger partial charge in [-0.3, -0.25) is 9.58 Å². The molecule has 2 heterocycles. The van der Waals surface area contributed by atoms with Gasteiger partial charge in [0.25, 0.3) is 0 Å². The van der Waals surface area contributed by atoms with Crippen molar-refractivity contribution in [2.45, 2.75) is 51.6 Å². The molecule has 0 N–H and O–H groups in total. The fraction of sp³-hybridized carbons (Fsp3) is 0.346.